The van der Waals surface area contributed by atoms with E-state index in [-0.39, 0.29) is 0 Å². The molecule has 3 nitrogen and oxygen atoms in total. The molecule has 0 fully saturated rings. The van der Waals surface area contributed by atoms with Crippen LogP contribution in [0.2, 0.25) is 0 Å². The van der Waals surface area contributed by atoms with Gasteiger partial charge in [-0.05, 0) is 47.0 Å². The first-order valence-electron chi connectivity index (χ1n) is 5.88. The number of nitrogens with zero attached hydrogens (tertiary/aromatic N) is 2. The first kappa shape index (κ1) is 11.7. The number of hydrogen-bond acceptors (Lipinski definition) is 3. The number of pyridine rings is 3. The molecule has 0 bridgehead atoms. The van der Waals surface area contributed by atoms with Gasteiger partial charge in [0.25, 0.3) is 0 Å². The predicted octanol–water partition coefficient (Wildman–Crippen LogP) is 3.87. The SMILES string of the molecule is S=c1[nH]cc(-c2ccncc2)cc1-c1ccncc1. The molecule has 3 aromatic rings. The number of H-pyrrole nitrogens is 1. The van der Waals surface area contributed by atoms with Crippen LogP contribution in [0.15, 0.2) is 61.3 Å². The van der Waals surface area contributed by atoms with E-state index in [1.807, 2.05) is 30.5 Å². The molecular weight excluding hydrogens is 254 g/mol. The molecule has 0 atom stereocenters. The maximum atomic E-state index is 5.36. The highest BCUT2D eigenvalue weighted by atomic mass is 32.1. The molecule has 0 amide bonds. The van der Waals surface area contributed by atoms with Gasteiger partial charge in [0.1, 0.15) is 4.64 Å². The number of aromatic nitrogens is 3. The van der Waals surface area contributed by atoms with Gasteiger partial charge in [0, 0.05) is 36.5 Å². The molecule has 0 aliphatic rings. The minimum Gasteiger partial charge on any atom is -0.352 e. The van der Waals surface area contributed by atoms with E-state index in [4.69, 9.17) is 12.2 Å². The van der Waals surface area contributed by atoms with Crippen molar-refractivity contribution in [2.75, 3.05) is 0 Å². The molecule has 3 heterocycles. The van der Waals surface area contributed by atoms with E-state index < -0.39 is 0 Å². The minimum atomic E-state index is 0.726. The van der Waals surface area contributed by atoms with Crippen molar-refractivity contribution in [3.05, 3.63) is 66.0 Å². The first-order valence-corrected chi connectivity index (χ1v) is 6.29. The monoisotopic (exact) mass is 265 g/mol. The van der Waals surface area contributed by atoms with Crippen LogP contribution in [-0.4, -0.2) is 15.0 Å². The lowest BCUT2D eigenvalue weighted by Crippen LogP contribution is -1.87. The van der Waals surface area contributed by atoms with Crippen LogP contribution in [0.4, 0.5) is 0 Å². The van der Waals surface area contributed by atoms with Crippen molar-refractivity contribution in [3.8, 4) is 22.3 Å². The summed E-state index contributed by atoms with van der Waals surface area (Å²) in [7, 11) is 0. The second kappa shape index (κ2) is 5.12. The second-order valence-electron chi connectivity index (χ2n) is 4.10. The van der Waals surface area contributed by atoms with E-state index in [1.54, 1.807) is 24.8 Å². The molecule has 0 spiro atoms. The summed E-state index contributed by atoms with van der Waals surface area (Å²) in [6.45, 7) is 0. The Balaban J connectivity index is 2.15. The van der Waals surface area contributed by atoms with Crippen molar-refractivity contribution >= 4 is 12.2 Å². The van der Waals surface area contributed by atoms with Gasteiger partial charge >= 0.3 is 0 Å². The van der Waals surface area contributed by atoms with Crippen LogP contribution in [0.25, 0.3) is 22.3 Å². The Hall–Kier alpha value is -2.33. The van der Waals surface area contributed by atoms with Gasteiger partial charge in [0.15, 0.2) is 0 Å². The Bertz CT molecular complexity index is 736. The van der Waals surface area contributed by atoms with Crippen LogP contribution >= 0.6 is 12.2 Å². The average Bonchev–Trinajstić information content (AvgIpc) is 2.49. The van der Waals surface area contributed by atoms with E-state index in [0.29, 0.717) is 0 Å². The Morgan fingerprint density at radius 1 is 0.789 bits per heavy atom. The number of nitrogens with one attached hydrogen (secondary N) is 1. The van der Waals surface area contributed by atoms with E-state index >= 15 is 0 Å². The number of hydrogen-bond donors (Lipinski definition) is 1. The second-order valence-corrected chi connectivity index (χ2v) is 4.51. The third-order valence-electron chi connectivity index (χ3n) is 2.91. The molecule has 0 saturated heterocycles. The number of rotatable bonds is 2. The molecule has 0 unspecified atom stereocenters. The highest BCUT2D eigenvalue weighted by Gasteiger charge is 2.03. The van der Waals surface area contributed by atoms with Crippen LogP contribution in [0.1, 0.15) is 0 Å². The van der Waals surface area contributed by atoms with Gasteiger partial charge in [-0.25, -0.2) is 0 Å². The van der Waals surface area contributed by atoms with Gasteiger partial charge in [-0.2, -0.15) is 0 Å². The molecule has 3 rings (SSSR count). The normalized spacial score (nSPS) is 10.3. The third-order valence-corrected chi connectivity index (χ3v) is 3.25. The molecule has 19 heavy (non-hydrogen) atoms. The summed E-state index contributed by atoms with van der Waals surface area (Å²) in [6, 6.07) is 9.94. The van der Waals surface area contributed by atoms with Crippen LogP contribution in [0.3, 0.4) is 0 Å². The van der Waals surface area contributed by atoms with E-state index in [0.717, 1.165) is 26.9 Å². The highest BCUT2D eigenvalue weighted by Crippen LogP contribution is 2.25. The quantitative estimate of drug-likeness (QED) is 0.715. The molecule has 1 N–H and O–H groups in total. The lowest BCUT2D eigenvalue weighted by atomic mass is 10.0. The molecule has 3 aromatic heterocycles. The van der Waals surface area contributed by atoms with E-state index in [2.05, 4.69) is 21.0 Å². The van der Waals surface area contributed by atoms with E-state index in [9.17, 15) is 0 Å². The summed E-state index contributed by atoms with van der Waals surface area (Å²) in [4.78, 5) is 11.2. The van der Waals surface area contributed by atoms with E-state index in [1.165, 1.54) is 0 Å². The van der Waals surface area contributed by atoms with Crippen molar-refractivity contribution in [1.82, 2.24) is 15.0 Å². The fourth-order valence-corrected chi connectivity index (χ4v) is 2.18. The predicted molar refractivity (Wildman–Crippen MR) is 78.1 cm³/mol. The standard InChI is InChI=1S/C15H11N3S/c19-15-14(12-3-7-17-8-4-12)9-13(10-18-15)11-1-5-16-6-2-11/h1-10H,(H,18,19). The van der Waals surface area contributed by atoms with Gasteiger partial charge in [-0.1, -0.05) is 12.2 Å². The Kier molecular flexibility index (Phi) is 3.16. The highest BCUT2D eigenvalue weighted by molar-refractivity contribution is 7.71. The number of aromatic amines is 1. The van der Waals surface area contributed by atoms with Gasteiger partial charge in [-0.15, -0.1) is 0 Å². The molecule has 0 aliphatic carbocycles. The maximum Gasteiger partial charge on any atom is 0.111 e. The van der Waals surface area contributed by atoms with Crippen molar-refractivity contribution in [1.29, 1.82) is 0 Å². The molecular formula is C15H11N3S. The van der Waals surface area contributed by atoms with Gasteiger partial charge < -0.3 is 4.98 Å². The zero-order chi connectivity index (χ0) is 13.1. The largest absolute Gasteiger partial charge is 0.352 e. The molecule has 0 aromatic carbocycles. The zero-order valence-corrected chi connectivity index (χ0v) is 10.9. The van der Waals surface area contributed by atoms with Gasteiger partial charge in [0.2, 0.25) is 0 Å². The topological polar surface area (TPSA) is 41.6 Å². The van der Waals surface area contributed by atoms with Crippen LogP contribution in [-0.2, 0) is 0 Å². The summed E-state index contributed by atoms with van der Waals surface area (Å²) in [6.07, 6.45) is 9.01. The van der Waals surface area contributed by atoms with Crippen molar-refractivity contribution in [3.63, 3.8) is 0 Å². The molecule has 4 heteroatoms. The Morgan fingerprint density at radius 3 is 2.00 bits per heavy atom. The molecule has 0 aliphatic heterocycles. The summed E-state index contributed by atoms with van der Waals surface area (Å²) >= 11 is 5.36. The lowest BCUT2D eigenvalue weighted by Gasteiger charge is -2.06. The van der Waals surface area contributed by atoms with Crippen LogP contribution in [0.5, 0.6) is 0 Å². The van der Waals surface area contributed by atoms with Crippen molar-refractivity contribution < 1.29 is 0 Å². The van der Waals surface area contributed by atoms with Crippen LogP contribution in [0, 0.1) is 4.64 Å². The maximum absolute atomic E-state index is 5.36. The first-order chi connectivity index (χ1) is 9.34. The minimum absolute atomic E-state index is 0.726. The third kappa shape index (κ3) is 2.44. The summed E-state index contributed by atoms with van der Waals surface area (Å²) < 4.78 is 0.726. The lowest BCUT2D eigenvalue weighted by molar-refractivity contribution is 1.28. The average molecular weight is 265 g/mol. The van der Waals surface area contributed by atoms with Crippen LogP contribution < -0.4 is 0 Å². The Morgan fingerprint density at radius 2 is 1.37 bits per heavy atom. The Labute approximate surface area is 116 Å². The molecule has 0 saturated carbocycles. The smallest absolute Gasteiger partial charge is 0.111 e. The van der Waals surface area contributed by atoms with Gasteiger partial charge in [-0.3, -0.25) is 9.97 Å². The van der Waals surface area contributed by atoms with Crippen molar-refractivity contribution in [2.24, 2.45) is 0 Å². The summed E-state index contributed by atoms with van der Waals surface area (Å²) in [5, 5.41) is 0. The summed E-state index contributed by atoms with van der Waals surface area (Å²) in [5.74, 6) is 0. The fraction of sp³-hybridized carbons (Fsp3) is 0. The fourth-order valence-electron chi connectivity index (χ4n) is 1.94. The summed E-state index contributed by atoms with van der Waals surface area (Å²) in [5.41, 5.74) is 4.26. The van der Waals surface area contributed by atoms with Gasteiger partial charge in [0.05, 0.1) is 0 Å². The van der Waals surface area contributed by atoms with Crippen molar-refractivity contribution in [2.45, 2.75) is 0 Å². The molecule has 92 valence electrons. The molecule has 0 radical (unpaired) electrons. The zero-order valence-electron chi connectivity index (χ0n) is 10.1.